The molecule has 1 heterocycles. The molecule has 7 nitrogen and oxygen atoms in total. The average Bonchev–Trinajstić information content (AvgIpc) is 2.99. The Balaban J connectivity index is 1.22. The molecule has 0 aromatic heterocycles. The number of amides is 1. The van der Waals surface area contributed by atoms with Crippen molar-refractivity contribution in [2.45, 2.75) is 10.9 Å². The third-order valence-electron chi connectivity index (χ3n) is 6.96. The van der Waals surface area contributed by atoms with Crippen LogP contribution in [0.2, 0.25) is 5.02 Å². The monoisotopic (exact) mass is 604 g/mol. The number of nitrogens with one attached hydrogen (secondary N) is 2. The van der Waals surface area contributed by atoms with Gasteiger partial charge in [-0.1, -0.05) is 84.4 Å². The summed E-state index contributed by atoms with van der Waals surface area (Å²) in [6.07, 6.45) is 0. The Morgan fingerprint density at radius 1 is 0.756 bits per heavy atom. The number of halogens is 1. The molecule has 5 rings (SSSR count). The lowest BCUT2D eigenvalue weighted by molar-refractivity contribution is 0.0978. The molecule has 0 radical (unpaired) electrons. The van der Waals surface area contributed by atoms with Gasteiger partial charge in [0.2, 0.25) is 10.0 Å². The molecule has 1 aliphatic heterocycles. The first-order valence-electron chi connectivity index (χ1n) is 13.1. The van der Waals surface area contributed by atoms with Gasteiger partial charge in [-0.05, 0) is 59.7 Å². The number of carbonyl (C=O) groups excluding carboxylic acids is 1. The lowest BCUT2D eigenvalue weighted by atomic mass is 9.96. The fourth-order valence-electron chi connectivity index (χ4n) is 4.92. The van der Waals surface area contributed by atoms with E-state index in [4.69, 9.17) is 23.8 Å². The lowest BCUT2D eigenvalue weighted by Gasteiger charge is -2.39. The van der Waals surface area contributed by atoms with Crippen LogP contribution in [0.4, 0.5) is 5.69 Å². The predicted octanol–water partition coefficient (Wildman–Crippen LogP) is 5.56. The highest BCUT2D eigenvalue weighted by atomic mass is 35.5. The molecular weight excluding hydrogens is 576 g/mol. The second kappa shape index (κ2) is 12.9. The summed E-state index contributed by atoms with van der Waals surface area (Å²) in [5, 5.41) is 5.89. The van der Waals surface area contributed by atoms with E-state index in [-0.39, 0.29) is 16.0 Å². The molecular formula is C31H29ClN4O3S2. The largest absolute Gasteiger partial charge is 0.332 e. The Morgan fingerprint density at radius 3 is 1.85 bits per heavy atom. The summed E-state index contributed by atoms with van der Waals surface area (Å²) in [4.78, 5) is 15.0. The number of hydrogen-bond donors (Lipinski definition) is 2. The third kappa shape index (κ3) is 6.83. The molecule has 0 atom stereocenters. The number of sulfonamides is 1. The van der Waals surface area contributed by atoms with Crippen molar-refractivity contribution in [3.05, 3.63) is 131 Å². The van der Waals surface area contributed by atoms with Gasteiger partial charge < -0.3 is 5.32 Å². The average molecular weight is 605 g/mol. The van der Waals surface area contributed by atoms with Gasteiger partial charge in [-0.3, -0.25) is 15.0 Å². The quantitative estimate of drug-likeness (QED) is 0.269. The van der Waals surface area contributed by atoms with E-state index in [2.05, 4.69) is 39.8 Å². The van der Waals surface area contributed by atoms with E-state index in [0.29, 0.717) is 42.5 Å². The Morgan fingerprint density at radius 2 is 1.29 bits per heavy atom. The minimum absolute atomic E-state index is 0.0508. The summed E-state index contributed by atoms with van der Waals surface area (Å²) < 4.78 is 28.5. The molecule has 210 valence electrons. The molecule has 1 saturated heterocycles. The van der Waals surface area contributed by atoms with E-state index in [1.807, 2.05) is 36.4 Å². The Labute approximate surface area is 250 Å². The third-order valence-corrected chi connectivity index (χ3v) is 9.41. The van der Waals surface area contributed by atoms with Crippen LogP contribution in [0.25, 0.3) is 0 Å². The van der Waals surface area contributed by atoms with Crippen LogP contribution in [0, 0.1) is 0 Å². The van der Waals surface area contributed by atoms with Gasteiger partial charge in [-0.2, -0.15) is 4.31 Å². The zero-order valence-electron chi connectivity index (χ0n) is 22.1. The van der Waals surface area contributed by atoms with E-state index in [1.165, 1.54) is 15.4 Å². The van der Waals surface area contributed by atoms with Crippen molar-refractivity contribution in [1.29, 1.82) is 0 Å². The number of carbonyl (C=O) groups is 1. The number of nitrogens with zero attached hydrogens (tertiary/aromatic N) is 2. The minimum atomic E-state index is -3.68. The molecule has 41 heavy (non-hydrogen) atoms. The second-order valence-corrected chi connectivity index (χ2v) is 12.3. The molecule has 2 N–H and O–H groups in total. The van der Waals surface area contributed by atoms with E-state index in [9.17, 15) is 13.2 Å². The minimum Gasteiger partial charge on any atom is -0.332 e. The van der Waals surface area contributed by atoms with Crippen LogP contribution in [-0.2, 0) is 10.0 Å². The molecule has 4 aromatic carbocycles. The Bertz CT molecular complexity index is 1570. The maximum atomic E-state index is 13.5. The number of benzene rings is 4. The molecule has 0 bridgehead atoms. The Kier molecular flexibility index (Phi) is 9.12. The van der Waals surface area contributed by atoms with Gasteiger partial charge >= 0.3 is 0 Å². The first-order chi connectivity index (χ1) is 19.8. The van der Waals surface area contributed by atoms with Crippen LogP contribution in [-0.4, -0.2) is 54.8 Å². The lowest BCUT2D eigenvalue weighted by Crippen LogP contribution is -2.49. The molecule has 1 amide bonds. The summed E-state index contributed by atoms with van der Waals surface area (Å²) >= 11 is 11.3. The predicted molar refractivity (Wildman–Crippen MR) is 167 cm³/mol. The standard InChI is InChI=1S/C31H29ClN4O3S2/c32-28-14-8-7-13-27(28)30(37)34-31(40)33-25-15-17-26(18-16-25)41(38,39)36-21-19-35(20-22-36)29(23-9-3-1-4-10-23)24-11-5-2-6-12-24/h1-18,29H,19-22H2,(H2,33,34,37,40). The molecule has 1 aliphatic rings. The molecule has 4 aromatic rings. The van der Waals surface area contributed by atoms with Crippen molar-refractivity contribution in [3.63, 3.8) is 0 Å². The van der Waals surface area contributed by atoms with E-state index < -0.39 is 15.9 Å². The van der Waals surface area contributed by atoms with Crippen molar-refractivity contribution in [2.24, 2.45) is 0 Å². The van der Waals surface area contributed by atoms with Gasteiger partial charge in [0.05, 0.1) is 21.5 Å². The molecule has 0 spiro atoms. The van der Waals surface area contributed by atoms with Crippen molar-refractivity contribution in [3.8, 4) is 0 Å². The fraction of sp³-hybridized carbons (Fsp3) is 0.161. The van der Waals surface area contributed by atoms with Crippen molar-refractivity contribution >= 4 is 50.5 Å². The smallest absolute Gasteiger partial charge is 0.258 e. The normalized spacial score (nSPS) is 14.5. The van der Waals surface area contributed by atoms with Gasteiger partial charge in [-0.25, -0.2) is 8.42 Å². The summed E-state index contributed by atoms with van der Waals surface area (Å²) in [7, 11) is -3.68. The number of piperazine rings is 1. The second-order valence-electron chi connectivity index (χ2n) is 9.58. The molecule has 0 unspecified atom stereocenters. The number of thiocarbonyl (C=S) groups is 1. The van der Waals surface area contributed by atoms with Crippen LogP contribution in [0.3, 0.4) is 0 Å². The zero-order valence-corrected chi connectivity index (χ0v) is 24.5. The van der Waals surface area contributed by atoms with E-state index in [0.717, 1.165) is 0 Å². The van der Waals surface area contributed by atoms with E-state index in [1.54, 1.807) is 48.5 Å². The number of rotatable bonds is 7. The maximum absolute atomic E-state index is 13.5. The first-order valence-corrected chi connectivity index (χ1v) is 15.4. The van der Waals surface area contributed by atoms with Crippen molar-refractivity contribution in [2.75, 3.05) is 31.5 Å². The maximum Gasteiger partial charge on any atom is 0.258 e. The fourth-order valence-corrected chi connectivity index (χ4v) is 6.78. The van der Waals surface area contributed by atoms with E-state index >= 15 is 0 Å². The van der Waals surface area contributed by atoms with Crippen molar-refractivity contribution < 1.29 is 13.2 Å². The summed E-state index contributed by atoms with van der Waals surface area (Å²) in [5.74, 6) is -0.437. The summed E-state index contributed by atoms with van der Waals surface area (Å²) in [6.45, 7) is 1.98. The van der Waals surface area contributed by atoms with Gasteiger partial charge in [-0.15, -0.1) is 0 Å². The van der Waals surface area contributed by atoms with Gasteiger partial charge in [0.1, 0.15) is 0 Å². The summed E-state index contributed by atoms with van der Waals surface area (Å²) in [6, 6.07) is 33.6. The SMILES string of the molecule is O=C(NC(=S)Nc1ccc(S(=O)(=O)N2CCN(C(c3ccccc3)c3ccccc3)CC2)cc1)c1ccccc1Cl. The highest BCUT2D eigenvalue weighted by Crippen LogP contribution is 2.30. The molecule has 10 heteroatoms. The zero-order chi connectivity index (χ0) is 28.8. The highest BCUT2D eigenvalue weighted by Gasteiger charge is 2.32. The first kappa shape index (κ1) is 28.9. The molecule has 1 fully saturated rings. The van der Waals surface area contributed by atoms with Crippen LogP contribution in [0.1, 0.15) is 27.5 Å². The molecule has 0 aliphatic carbocycles. The highest BCUT2D eigenvalue weighted by molar-refractivity contribution is 7.89. The summed E-state index contributed by atoms with van der Waals surface area (Å²) in [5.41, 5.74) is 3.21. The van der Waals surface area contributed by atoms with Gasteiger partial charge in [0.15, 0.2) is 5.11 Å². The topological polar surface area (TPSA) is 81.8 Å². The number of anilines is 1. The van der Waals surface area contributed by atoms with Gasteiger partial charge in [0, 0.05) is 31.9 Å². The van der Waals surface area contributed by atoms with Crippen LogP contribution in [0.5, 0.6) is 0 Å². The van der Waals surface area contributed by atoms with Crippen molar-refractivity contribution in [1.82, 2.24) is 14.5 Å². The van der Waals surface area contributed by atoms with Crippen LogP contribution in [0.15, 0.2) is 114 Å². The van der Waals surface area contributed by atoms with Gasteiger partial charge in [0.25, 0.3) is 5.91 Å². The molecule has 0 saturated carbocycles. The number of hydrogen-bond acceptors (Lipinski definition) is 5. The van der Waals surface area contributed by atoms with Crippen LogP contribution < -0.4 is 10.6 Å². The van der Waals surface area contributed by atoms with Crippen LogP contribution >= 0.6 is 23.8 Å². The Hall–Kier alpha value is -3.60.